The molecule has 2 rings (SSSR count). The Hall–Kier alpha value is -1.94. The Labute approximate surface area is 265 Å². The number of allylic oxidation sites excluding steroid dienone is 11. The van der Waals surface area contributed by atoms with Crippen molar-refractivity contribution in [1.29, 1.82) is 0 Å². The lowest BCUT2D eigenvalue weighted by Gasteiger charge is -2.40. The molecule has 0 radical (unpaired) electrons. The lowest BCUT2D eigenvalue weighted by molar-refractivity contribution is -0.0439. The van der Waals surface area contributed by atoms with Crippen molar-refractivity contribution in [2.45, 2.75) is 132 Å². The van der Waals surface area contributed by atoms with Gasteiger partial charge in [0.05, 0.1) is 18.3 Å². The average molecular weight is 593 g/mol. The van der Waals surface area contributed by atoms with Gasteiger partial charge in [0.25, 0.3) is 0 Å². The summed E-state index contributed by atoms with van der Waals surface area (Å²) < 4.78 is 0. The van der Waals surface area contributed by atoms with Gasteiger partial charge in [-0.2, -0.15) is 0 Å². The van der Waals surface area contributed by atoms with E-state index in [1.807, 2.05) is 13.8 Å². The smallest absolute Gasteiger partial charge is 0.0893 e. The Kier molecular flexibility index (Phi) is 14.7. The third-order valence-electron chi connectivity index (χ3n) is 9.66. The van der Waals surface area contributed by atoms with Crippen LogP contribution in [0.2, 0.25) is 0 Å². The molecule has 0 saturated heterocycles. The molecule has 0 heterocycles. The fourth-order valence-corrected chi connectivity index (χ4v) is 6.88. The van der Waals surface area contributed by atoms with Gasteiger partial charge in [-0.1, -0.05) is 134 Å². The van der Waals surface area contributed by atoms with Gasteiger partial charge in [0.15, 0.2) is 0 Å². The molecule has 0 aromatic heterocycles. The van der Waals surface area contributed by atoms with Crippen molar-refractivity contribution in [2.24, 2.45) is 34.5 Å². The summed E-state index contributed by atoms with van der Waals surface area (Å²) in [5.41, 5.74) is 4.68. The van der Waals surface area contributed by atoms with Crippen LogP contribution in [0.4, 0.5) is 0 Å². The van der Waals surface area contributed by atoms with Crippen LogP contribution in [-0.2, 0) is 0 Å². The van der Waals surface area contributed by atoms with Crippen molar-refractivity contribution in [1.82, 2.24) is 0 Å². The number of hydrogen-bond donors (Lipinski definition) is 3. The molecule has 2 aliphatic carbocycles. The van der Waals surface area contributed by atoms with Gasteiger partial charge in [-0.05, 0) is 92.6 Å². The Morgan fingerprint density at radius 3 is 1.93 bits per heavy atom. The average Bonchev–Trinajstić information content (AvgIpc) is 2.88. The maximum absolute atomic E-state index is 10.5. The molecule has 4 unspecified atom stereocenters. The lowest BCUT2D eigenvalue weighted by Crippen LogP contribution is -2.44. The maximum atomic E-state index is 10.5. The highest BCUT2D eigenvalue weighted by molar-refractivity contribution is 5.36. The van der Waals surface area contributed by atoms with Crippen molar-refractivity contribution >= 4 is 0 Å². The molecule has 0 saturated carbocycles. The molecule has 0 aromatic carbocycles. The van der Waals surface area contributed by atoms with Gasteiger partial charge >= 0.3 is 0 Å². The van der Waals surface area contributed by atoms with Crippen LogP contribution >= 0.6 is 0 Å². The van der Waals surface area contributed by atoms with Gasteiger partial charge in [-0.15, -0.1) is 0 Å². The molecule has 0 spiro atoms. The van der Waals surface area contributed by atoms with Gasteiger partial charge in [-0.3, -0.25) is 0 Å². The van der Waals surface area contributed by atoms with Gasteiger partial charge in [-0.25, -0.2) is 0 Å². The third kappa shape index (κ3) is 11.8. The molecule has 0 aliphatic heterocycles. The van der Waals surface area contributed by atoms with Crippen molar-refractivity contribution < 1.29 is 15.3 Å². The van der Waals surface area contributed by atoms with Gasteiger partial charge < -0.3 is 15.3 Å². The largest absolute Gasteiger partial charge is 0.393 e. The Morgan fingerprint density at radius 1 is 0.721 bits per heavy atom. The first-order valence-corrected chi connectivity index (χ1v) is 16.9. The maximum Gasteiger partial charge on any atom is 0.0893 e. The fourth-order valence-electron chi connectivity index (χ4n) is 6.88. The molecular weight excluding hydrogens is 528 g/mol. The first kappa shape index (κ1) is 37.2. The Bertz CT molecular complexity index is 1090. The Morgan fingerprint density at radius 2 is 1.28 bits per heavy atom. The highest BCUT2D eigenvalue weighted by Gasteiger charge is 2.40. The summed E-state index contributed by atoms with van der Waals surface area (Å²) in [5, 5.41) is 30.8. The highest BCUT2D eigenvalue weighted by Crippen LogP contribution is 2.42. The summed E-state index contributed by atoms with van der Waals surface area (Å²) in [6, 6.07) is 0. The molecule has 0 amide bonds. The summed E-state index contributed by atoms with van der Waals surface area (Å²) in [6.07, 6.45) is 27.8. The second-order valence-electron chi connectivity index (χ2n) is 15.1. The van der Waals surface area contributed by atoms with E-state index >= 15 is 0 Å². The van der Waals surface area contributed by atoms with E-state index in [0.29, 0.717) is 30.1 Å². The van der Waals surface area contributed by atoms with Crippen LogP contribution in [0.3, 0.4) is 0 Å². The Balaban J connectivity index is 1.72. The van der Waals surface area contributed by atoms with Crippen LogP contribution in [0.1, 0.15) is 114 Å². The first-order valence-electron chi connectivity index (χ1n) is 16.9. The zero-order valence-corrected chi connectivity index (χ0v) is 29.1. The van der Waals surface area contributed by atoms with Gasteiger partial charge in [0.2, 0.25) is 0 Å². The van der Waals surface area contributed by atoms with E-state index in [1.54, 1.807) is 0 Å². The van der Waals surface area contributed by atoms with Crippen LogP contribution in [0.25, 0.3) is 0 Å². The molecular formula is C40H64O3. The monoisotopic (exact) mass is 592 g/mol. The SMILES string of the molecule is CC1=C(/C=C/C(C)C/C=C/C(C)/C=C/C=C/C(C)CCCC(C)/C=C/C2=C(C)C[C@@H](O)[C@H](O)C2(C)C)C(C)(C)C[C@H](O)C1. The normalized spacial score (nSPS) is 27.8. The van der Waals surface area contributed by atoms with E-state index < -0.39 is 17.6 Å². The molecule has 2 aliphatic rings. The van der Waals surface area contributed by atoms with Crippen molar-refractivity contribution in [2.75, 3.05) is 0 Å². The van der Waals surface area contributed by atoms with E-state index in [1.165, 1.54) is 35.1 Å². The molecule has 7 atom stereocenters. The van der Waals surface area contributed by atoms with Gasteiger partial charge in [0.1, 0.15) is 0 Å². The zero-order chi connectivity index (χ0) is 32.4. The summed E-state index contributed by atoms with van der Waals surface area (Å²) in [6.45, 7) is 21.8. The lowest BCUT2D eigenvalue weighted by atomic mass is 9.69. The number of rotatable bonds is 14. The first-order chi connectivity index (χ1) is 20.0. The number of hydrogen-bond acceptors (Lipinski definition) is 3. The summed E-state index contributed by atoms with van der Waals surface area (Å²) >= 11 is 0. The van der Waals surface area contributed by atoms with Crippen molar-refractivity contribution in [3.8, 4) is 0 Å². The molecule has 3 N–H and O–H groups in total. The van der Waals surface area contributed by atoms with Crippen LogP contribution in [-0.4, -0.2) is 33.6 Å². The topological polar surface area (TPSA) is 60.7 Å². The predicted octanol–water partition coefficient (Wildman–Crippen LogP) is 9.84. The van der Waals surface area contributed by atoms with Crippen molar-refractivity contribution in [3.63, 3.8) is 0 Å². The quantitative estimate of drug-likeness (QED) is 0.139. The molecule has 0 fully saturated rings. The van der Waals surface area contributed by atoms with Crippen LogP contribution in [0.15, 0.2) is 83.1 Å². The van der Waals surface area contributed by atoms with E-state index in [9.17, 15) is 15.3 Å². The second-order valence-corrected chi connectivity index (χ2v) is 15.1. The van der Waals surface area contributed by atoms with Crippen LogP contribution < -0.4 is 0 Å². The fraction of sp³-hybridized carbons (Fsp3) is 0.650. The predicted molar refractivity (Wildman–Crippen MR) is 186 cm³/mol. The highest BCUT2D eigenvalue weighted by atomic mass is 16.3. The minimum Gasteiger partial charge on any atom is -0.393 e. The van der Waals surface area contributed by atoms with E-state index in [4.69, 9.17) is 0 Å². The minimum absolute atomic E-state index is 0.0375. The molecule has 3 nitrogen and oxygen atoms in total. The second kappa shape index (κ2) is 16.9. The minimum atomic E-state index is -0.720. The molecule has 3 heteroatoms. The van der Waals surface area contributed by atoms with Crippen molar-refractivity contribution in [3.05, 3.63) is 83.1 Å². The zero-order valence-electron chi connectivity index (χ0n) is 29.1. The van der Waals surface area contributed by atoms with Crippen LogP contribution in [0.5, 0.6) is 0 Å². The molecule has 43 heavy (non-hydrogen) atoms. The van der Waals surface area contributed by atoms with Gasteiger partial charge in [0, 0.05) is 5.41 Å². The number of aliphatic hydroxyl groups excluding tert-OH is 3. The van der Waals surface area contributed by atoms with E-state index in [-0.39, 0.29) is 11.5 Å². The molecule has 0 aromatic rings. The summed E-state index contributed by atoms with van der Waals surface area (Å²) in [4.78, 5) is 0. The summed E-state index contributed by atoms with van der Waals surface area (Å²) in [5.74, 6) is 1.92. The van der Waals surface area contributed by atoms with Crippen LogP contribution in [0, 0.1) is 34.5 Å². The molecule has 0 bridgehead atoms. The summed E-state index contributed by atoms with van der Waals surface area (Å²) in [7, 11) is 0. The number of aliphatic hydroxyl groups is 3. The standard InChI is InChI=1S/C40H64O3/c1-28(17-13-19-30(3)21-23-35-32(5)25-34(41)27-39(35,7)8)15-11-12-16-29(2)18-14-20-31(4)22-24-36-33(6)26-37(42)38(43)40(36,9)10/h11-13,15-17,21-24,28-31,34,37-38,41-43H,14,18-20,25-27H2,1-10H3/b15-11+,16-12+,17-13+,23-21+,24-22+/t28?,29?,30?,31?,34-,37-,38+/m1/s1. The molecule has 242 valence electrons. The van der Waals surface area contributed by atoms with E-state index in [2.05, 4.69) is 116 Å². The van der Waals surface area contributed by atoms with E-state index in [0.717, 1.165) is 25.7 Å². The third-order valence-corrected chi connectivity index (χ3v) is 9.66.